The van der Waals surface area contributed by atoms with Crippen LogP contribution in [0.1, 0.15) is 42.4 Å². The number of nitrogens with one attached hydrogen (secondary N) is 1. The SMILES string of the molecule is O=C1CN2c3c(cccc3[C@@H]3CN(CCCC(O)c4ccncc4)CC[C@@H]32)N1. The van der Waals surface area contributed by atoms with Gasteiger partial charge >= 0.3 is 0 Å². The van der Waals surface area contributed by atoms with Gasteiger partial charge in [0, 0.05) is 37.4 Å². The van der Waals surface area contributed by atoms with Crippen LogP contribution in [-0.4, -0.2) is 53.1 Å². The summed E-state index contributed by atoms with van der Waals surface area (Å²) in [5.41, 5.74) is 4.53. The molecule has 3 aliphatic heterocycles. The number of amides is 1. The minimum absolute atomic E-state index is 0.0952. The summed E-state index contributed by atoms with van der Waals surface area (Å²) in [6, 6.07) is 10.5. The van der Waals surface area contributed by atoms with Crippen LogP contribution < -0.4 is 10.2 Å². The van der Waals surface area contributed by atoms with Crippen molar-refractivity contribution in [1.29, 1.82) is 0 Å². The Balaban J connectivity index is 1.23. The zero-order valence-corrected chi connectivity index (χ0v) is 15.9. The van der Waals surface area contributed by atoms with Gasteiger partial charge in [0.05, 0.1) is 24.0 Å². The largest absolute Gasteiger partial charge is 0.388 e. The minimum atomic E-state index is -0.419. The lowest BCUT2D eigenvalue weighted by molar-refractivity contribution is -0.115. The van der Waals surface area contributed by atoms with E-state index in [1.54, 1.807) is 12.4 Å². The third-order valence-corrected chi connectivity index (χ3v) is 6.45. The van der Waals surface area contributed by atoms with E-state index in [1.807, 2.05) is 18.2 Å². The van der Waals surface area contributed by atoms with Gasteiger partial charge in [-0.15, -0.1) is 0 Å². The molecule has 5 rings (SSSR count). The molecule has 1 aromatic heterocycles. The molecule has 0 saturated carbocycles. The molecule has 3 atom stereocenters. The number of anilines is 2. The highest BCUT2D eigenvalue weighted by Gasteiger charge is 2.44. The van der Waals surface area contributed by atoms with Crippen LogP contribution in [0, 0.1) is 0 Å². The second-order valence-electron chi connectivity index (χ2n) is 8.12. The summed E-state index contributed by atoms with van der Waals surface area (Å²) in [6.07, 6.45) is 5.85. The first-order valence-electron chi connectivity index (χ1n) is 10.2. The highest BCUT2D eigenvalue weighted by molar-refractivity contribution is 6.03. The molecule has 6 nitrogen and oxygen atoms in total. The van der Waals surface area contributed by atoms with Crippen LogP contribution >= 0.6 is 0 Å². The van der Waals surface area contributed by atoms with Crippen molar-refractivity contribution in [2.75, 3.05) is 36.4 Å². The average Bonchev–Trinajstić information content (AvgIpc) is 3.03. The van der Waals surface area contributed by atoms with Gasteiger partial charge in [0.15, 0.2) is 0 Å². The molecule has 1 unspecified atom stereocenters. The molecule has 146 valence electrons. The second-order valence-corrected chi connectivity index (χ2v) is 8.12. The third kappa shape index (κ3) is 3.06. The number of likely N-dealkylation sites (tertiary alicyclic amines) is 1. The molecule has 1 saturated heterocycles. The van der Waals surface area contributed by atoms with Crippen molar-refractivity contribution in [2.45, 2.75) is 37.3 Å². The number of hydrogen-bond acceptors (Lipinski definition) is 5. The molecule has 4 heterocycles. The molecule has 3 aliphatic rings. The smallest absolute Gasteiger partial charge is 0.243 e. The van der Waals surface area contributed by atoms with Crippen molar-refractivity contribution < 1.29 is 9.90 Å². The van der Waals surface area contributed by atoms with Crippen molar-refractivity contribution in [3.05, 3.63) is 53.9 Å². The number of hydrogen-bond donors (Lipinski definition) is 2. The molecule has 0 bridgehead atoms. The van der Waals surface area contributed by atoms with Crippen molar-refractivity contribution in [1.82, 2.24) is 9.88 Å². The minimum Gasteiger partial charge on any atom is -0.388 e. The summed E-state index contributed by atoms with van der Waals surface area (Å²) in [5.74, 6) is 0.555. The van der Waals surface area contributed by atoms with Crippen molar-refractivity contribution >= 4 is 17.3 Å². The Labute approximate surface area is 165 Å². The van der Waals surface area contributed by atoms with Gasteiger partial charge in [-0.25, -0.2) is 0 Å². The van der Waals surface area contributed by atoms with Gasteiger partial charge in [-0.2, -0.15) is 0 Å². The number of para-hydroxylation sites is 1. The van der Waals surface area contributed by atoms with E-state index in [9.17, 15) is 9.90 Å². The molecule has 1 amide bonds. The Bertz CT molecular complexity index is 872. The first kappa shape index (κ1) is 17.6. The Morgan fingerprint density at radius 2 is 2.11 bits per heavy atom. The van der Waals surface area contributed by atoms with Crippen molar-refractivity contribution in [2.24, 2.45) is 0 Å². The van der Waals surface area contributed by atoms with Gasteiger partial charge in [-0.05, 0) is 55.1 Å². The van der Waals surface area contributed by atoms with Gasteiger partial charge in [-0.3, -0.25) is 9.78 Å². The summed E-state index contributed by atoms with van der Waals surface area (Å²) in [6.45, 7) is 3.55. The van der Waals surface area contributed by atoms with Gasteiger partial charge in [-0.1, -0.05) is 12.1 Å². The highest BCUT2D eigenvalue weighted by atomic mass is 16.3. The first-order chi connectivity index (χ1) is 13.7. The number of carbonyl (C=O) groups is 1. The van der Waals surface area contributed by atoms with E-state index in [1.165, 1.54) is 11.3 Å². The van der Waals surface area contributed by atoms with Crippen LogP contribution in [0.2, 0.25) is 0 Å². The maximum Gasteiger partial charge on any atom is 0.243 e. The summed E-state index contributed by atoms with van der Waals surface area (Å²) in [7, 11) is 0. The standard InChI is InChI=1S/C22H26N4O2/c27-20(15-6-9-23-10-7-15)5-2-11-25-12-8-19-17(13-25)16-3-1-4-18-22(16)26(19)14-21(28)24-18/h1,3-4,6-7,9-10,17,19-20,27H,2,5,8,11-14H2,(H,24,28)/t17-,19-,20?/m0/s1. The molecule has 1 fully saturated rings. The van der Waals surface area contributed by atoms with Gasteiger partial charge in [0.1, 0.15) is 0 Å². The number of carbonyl (C=O) groups excluding carboxylic acids is 1. The molecule has 0 radical (unpaired) electrons. The molecule has 6 heteroatoms. The summed E-state index contributed by atoms with van der Waals surface area (Å²) < 4.78 is 0. The Kier molecular flexibility index (Phi) is 4.53. The van der Waals surface area contributed by atoms with Crippen LogP contribution in [0.15, 0.2) is 42.7 Å². The molecule has 2 N–H and O–H groups in total. The Hall–Kier alpha value is -2.44. The monoisotopic (exact) mass is 378 g/mol. The van der Waals surface area contributed by atoms with Gasteiger partial charge < -0.3 is 20.2 Å². The maximum atomic E-state index is 12.1. The zero-order valence-electron chi connectivity index (χ0n) is 15.9. The average molecular weight is 378 g/mol. The molecule has 0 spiro atoms. The number of pyridine rings is 1. The van der Waals surface area contributed by atoms with Crippen LogP contribution in [-0.2, 0) is 4.79 Å². The summed E-state index contributed by atoms with van der Waals surface area (Å²) >= 11 is 0. The van der Waals surface area contributed by atoms with Crippen LogP contribution in [0.25, 0.3) is 0 Å². The first-order valence-corrected chi connectivity index (χ1v) is 10.2. The number of rotatable bonds is 5. The normalized spacial score (nSPS) is 24.5. The van der Waals surface area contributed by atoms with E-state index in [0.717, 1.165) is 50.1 Å². The van der Waals surface area contributed by atoms with Gasteiger partial charge in [0.25, 0.3) is 0 Å². The molecule has 28 heavy (non-hydrogen) atoms. The fourth-order valence-electron chi connectivity index (χ4n) is 5.14. The summed E-state index contributed by atoms with van der Waals surface area (Å²) in [4.78, 5) is 21.0. The number of aliphatic hydroxyl groups excluding tert-OH is 1. The van der Waals surface area contributed by atoms with Crippen LogP contribution in [0.4, 0.5) is 11.4 Å². The lowest BCUT2D eigenvalue weighted by Crippen LogP contribution is -2.49. The Morgan fingerprint density at radius 1 is 1.25 bits per heavy atom. The third-order valence-electron chi connectivity index (χ3n) is 6.45. The topological polar surface area (TPSA) is 68.7 Å². The molecule has 1 aromatic carbocycles. The van der Waals surface area contributed by atoms with E-state index in [0.29, 0.717) is 18.5 Å². The number of piperidine rings is 1. The number of nitrogens with zero attached hydrogens (tertiary/aromatic N) is 3. The highest BCUT2D eigenvalue weighted by Crippen LogP contribution is 2.49. The Morgan fingerprint density at radius 3 is 2.96 bits per heavy atom. The number of benzene rings is 1. The molecular weight excluding hydrogens is 352 g/mol. The van der Waals surface area contributed by atoms with Crippen LogP contribution in [0.3, 0.4) is 0 Å². The number of aliphatic hydroxyl groups is 1. The lowest BCUT2D eigenvalue weighted by Gasteiger charge is -2.39. The molecular formula is C22H26N4O2. The maximum absolute atomic E-state index is 12.1. The van der Waals surface area contributed by atoms with E-state index in [2.05, 4.69) is 32.2 Å². The second kappa shape index (κ2) is 7.18. The zero-order chi connectivity index (χ0) is 19.1. The lowest BCUT2D eigenvalue weighted by atomic mass is 9.89. The van der Waals surface area contributed by atoms with E-state index in [4.69, 9.17) is 0 Å². The van der Waals surface area contributed by atoms with Crippen molar-refractivity contribution in [3.8, 4) is 0 Å². The number of aromatic nitrogens is 1. The van der Waals surface area contributed by atoms with E-state index in [-0.39, 0.29) is 5.91 Å². The predicted molar refractivity (Wildman–Crippen MR) is 108 cm³/mol. The summed E-state index contributed by atoms with van der Waals surface area (Å²) in [5, 5.41) is 13.4. The predicted octanol–water partition coefficient (Wildman–Crippen LogP) is 2.53. The van der Waals surface area contributed by atoms with E-state index >= 15 is 0 Å². The fourth-order valence-corrected chi connectivity index (χ4v) is 5.14. The number of fused-ring (bicyclic) bond motifs is 3. The molecule has 2 aromatic rings. The van der Waals surface area contributed by atoms with Crippen molar-refractivity contribution in [3.63, 3.8) is 0 Å². The quantitative estimate of drug-likeness (QED) is 0.837. The fraction of sp³-hybridized carbons (Fsp3) is 0.455. The molecule has 0 aliphatic carbocycles. The van der Waals surface area contributed by atoms with E-state index < -0.39 is 6.10 Å². The van der Waals surface area contributed by atoms with Crippen LogP contribution in [0.5, 0.6) is 0 Å². The van der Waals surface area contributed by atoms with Gasteiger partial charge in [0.2, 0.25) is 5.91 Å².